The van der Waals surface area contributed by atoms with E-state index in [4.69, 9.17) is 4.52 Å². The molecule has 2 unspecified atom stereocenters. The summed E-state index contributed by atoms with van der Waals surface area (Å²) < 4.78 is 5.29. The van der Waals surface area contributed by atoms with Crippen molar-refractivity contribution in [1.29, 1.82) is 0 Å². The molecule has 17 heavy (non-hydrogen) atoms. The first kappa shape index (κ1) is 12.4. The van der Waals surface area contributed by atoms with Crippen molar-refractivity contribution in [3.8, 4) is 0 Å². The molecule has 1 N–H and O–H groups in total. The van der Waals surface area contributed by atoms with Gasteiger partial charge in [0.15, 0.2) is 0 Å². The molecule has 1 heterocycles. The summed E-state index contributed by atoms with van der Waals surface area (Å²) in [5, 5.41) is 14.0. The summed E-state index contributed by atoms with van der Waals surface area (Å²) >= 11 is 0. The van der Waals surface area contributed by atoms with Gasteiger partial charge < -0.3 is 14.5 Å². The zero-order valence-electron chi connectivity index (χ0n) is 10.6. The zero-order chi connectivity index (χ0) is 12.3. The van der Waals surface area contributed by atoms with Crippen LogP contribution >= 0.6 is 0 Å². The molecule has 0 spiro atoms. The molecule has 5 heteroatoms. The van der Waals surface area contributed by atoms with Gasteiger partial charge in [0, 0.05) is 13.6 Å². The molecule has 1 aliphatic carbocycles. The van der Waals surface area contributed by atoms with Crippen LogP contribution in [0.15, 0.2) is 4.52 Å². The SMILES string of the molecule is CCN(C)c1noc(C2CCCCCC2O)n1. The third-order valence-electron chi connectivity index (χ3n) is 3.54. The van der Waals surface area contributed by atoms with Gasteiger partial charge in [0.1, 0.15) is 0 Å². The number of anilines is 1. The van der Waals surface area contributed by atoms with Gasteiger partial charge in [0.05, 0.1) is 12.0 Å². The molecule has 0 amide bonds. The van der Waals surface area contributed by atoms with E-state index in [2.05, 4.69) is 10.1 Å². The fourth-order valence-electron chi connectivity index (χ4n) is 2.25. The summed E-state index contributed by atoms with van der Waals surface area (Å²) in [5.74, 6) is 1.22. The average Bonchev–Trinajstić information content (AvgIpc) is 2.72. The van der Waals surface area contributed by atoms with Crippen molar-refractivity contribution in [3.63, 3.8) is 0 Å². The van der Waals surface area contributed by atoms with E-state index in [0.29, 0.717) is 11.8 Å². The average molecular weight is 239 g/mol. The van der Waals surface area contributed by atoms with Crippen molar-refractivity contribution in [2.75, 3.05) is 18.5 Å². The smallest absolute Gasteiger partial charge is 0.265 e. The minimum Gasteiger partial charge on any atom is -0.392 e. The summed E-state index contributed by atoms with van der Waals surface area (Å²) in [6.07, 6.45) is 4.85. The van der Waals surface area contributed by atoms with Crippen molar-refractivity contribution in [2.45, 2.75) is 51.0 Å². The minimum absolute atomic E-state index is 0.0176. The summed E-state index contributed by atoms with van der Waals surface area (Å²) in [7, 11) is 1.93. The Bertz CT molecular complexity index is 353. The molecule has 2 atom stereocenters. The van der Waals surface area contributed by atoms with E-state index in [1.54, 1.807) is 0 Å². The van der Waals surface area contributed by atoms with E-state index in [1.807, 2.05) is 18.9 Å². The van der Waals surface area contributed by atoms with Crippen LogP contribution in [0.2, 0.25) is 0 Å². The highest BCUT2D eigenvalue weighted by Gasteiger charge is 2.28. The van der Waals surface area contributed by atoms with Crippen LogP contribution in [0.5, 0.6) is 0 Å². The van der Waals surface area contributed by atoms with Gasteiger partial charge in [-0.05, 0) is 24.9 Å². The normalized spacial score (nSPS) is 25.6. The van der Waals surface area contributed by atoms with Crippen LogP contribution in [0.25, 0.3) is 0 Å². The molecule has 0 saturated heterocycles. The Hall–Kier alpha value is -1.10. The number of hydrogen-bond acceptors (Lipinski definition) is 5. The van der Waals surface area contributed by atoms with Crippen molar-refractivity contribution in [2.24, 2.45) is 0 Å². The third kappa shape index (κ3) is 2.77. The van der Waals surface area contributed by atoms with Crippen molar-refractivity contribution in [3.05, 3.63) is 5.89 Å². The van der Waals surface area contributed by atoms with E-state index in [0.717, 1.165) is 32.2 Å². The molecule has 1 aliphatic rings. The van der Waals surface area contributed by atoms with Gasteiger partial charge in [-0.1, -0.05) is 19.3 Å². The lowest BCUT2D eigenvalue weighted by Crippen LogP contribution is -2.19. The van der Waals surface area contributed by atoms with E-state index in [1.165, 1.54) is 6.42 Å². The first-order valence-electron chi connectivity index (χ1n) is 6.45. The second kappa shape index (κ2) is 5.49. The number of aromatic nitrogens is 2. The number of aliphatic hydroxyl groups is 1. The second-order valence-corrected chi connectivity index (χ2v) is 4.76. The highest BCUT2D eigenvalue weighted by molar-refractivity contribution is 5.25. The Morgan fingerprint density at radius 1 is 1.35 bits per heavy atom. The quantitative estimate of drug-likeness (QED) is 0.817. The second-order valence-electron chi connectivity index (χ2n) is 4.76. The molecule has 2 rings (SSSR count). The number of nitrogens with zero attached hydrogens (tertiary/aromatic N) is 3. The summed E-state index contributed by atoms with van der Waals surface area (Å²) in [5.41, 5.74) is 0. The van der Waals surface area contributed by atoms with Crippen LogP contribution in [0.4, 0.5) is 5.95 Å². The molecular weight excluding hydrogens is 218 g/mol. The molecular formula is C12H21N3O2. The van der Waals surface area contributed by atoms with E-state index >= 15 is 0 Å². The van der Waals surface area contributed by atoms with Crippen LogP contribution < -0.4 is 4.90 Å². The molecule has 1 aromatic rings. The minimum atomic E-state index is -0.335. The fourth-order valence-corrected chi connectivity index (χ4v) is 2.25. The van der Waals surface area contributed by atoms with Crippen LogP contribution in [0, 0.1) is 0 Å². The standard InChI is InChI=1S/C12H21N3O2/c1-3-15(2)12-13-11(17-14-12)9-7-5-4-6-8-10(9)16/h9-10,16H,3-8H2,1-2H3. The summed E-state index contributed by atoms with van der Waals surface area (Å²) in [6.45, 7) is 2.88. The number of rotatable bonds is 3. The van der Waals surface area contributed by atoms with Gasteiger partial charge in [-0.2, -0.15) is 4.98 Å². The molecule has 0 aliphatic heterocycles. The fraction of sp³-hybridized carbons (Fsp3) is 0.833. The van der Waals surface area contributed by atoms with E-state index in [9.17, 15) is 5.11 Å². The molecule has 5 nitrogen and oxygen atoms in total. The Labute approximate surface area is 102 Å². The largest absolute Gasteiger partial charge is 0.392 e. The maximum atomic E-state index is 10.1. The van der Waals surface area contributed by atoms with Gasteiger partial charge in [0.2, 0.25) is 5.89 Å². The first-order valence-corrected chi connectivity index (χ1v) is 6.45. The van der Waals surface area contributed by atoms with Crippen LogP contribution in [0.1, 0.15) is 50.8 Å². The number of hydrogen-bond donors (Lipinski definition) is 1. The molecule has 1 saturated carbocycles. The molecule has 0 aromatic carbocycles. The van der Waals surface area contributed by atoms with Crippen LogP contribution in [-0.2, 0) is 0 Å². The Morgan fingerprint density at radius 2 is 2.12 bits per heavy atom. The maximum absolute atomic E-state index is 10.1. The first-order chi connectivity index (χ1) is 8.22. The highest BCUT2D eigenvalue weighted by atomic mass is 16.5. The van der Waals surface area contributed by atoms with Gasteiger partial charge in [-0.3, -0.25) is 0 Å². The van der Waals surface area contributed by atoms with Gasteiger partial charge >= 0.3 is 0 Å². The van der Waals surface area contributed by atoms with Gasteiger partial charge in [-0.25, -0.2) is 0 Å². The summed E-state index contributed by atoms with van der Waals surface area (Å²) in [6, 6.07) is 0. The Kier molecular flexibility index (Phi) is 3.99. The van der Waals surface area contributed by atoms with Crippen LogP contribution in [0.3, 0.4) is 0 Å². The monoisotopic (exact) mass is 239 g/mol. The molecule has 96 valence electrons. The lowest BCUT2D eigenvalue weighted by atomic mass is 9.97. The lowest BCUT2D eigenvalue weighted by molar-refractivity contribution is 0.119. The highest BCUT2D eigenvalue weighted by Crippen LogP contribution is 2.31. The van der Waals surface area contributed by atoms with E-state index in [-0.39, 0.29) is 12.0 Å². The molecule has 0 bridgehead atoms. The van der Waals surface area contributed by atoms with E-state index < -0.39 is 0 Å². The van der Waals surface area contributed by atoms with Crippen LogP contribution in [-0.4, -0.2) is 34.9 Å². The predicted molar refractivity (Wildman–Crippen MR) is 65.1 cm³/mol. The topological polar surface area (TPSA) is 62.4 Å². The molecule has 0 radical (unpaired) electrons. The maximum Gasteiger partial charge on any atom is 0.265 e. The Balaban J connectivity index is 2.12. The lowest BCUT2D eigenvalue weighted by Gasteiger charge is -2.15. The van der Waals surface area contributed by atoms with Gasteiger partial charge in [0.25, 0.3) is 5.95 Å². The number of aliphatic hydroxyl groups excluding tert-OH is 1. The predicted octanol–water partition coefficient (Wildman–Crippen LogP) is 1.93. The van der Waals surface area contributed by atoms with Gasteiger partial charge in [-0.15, -0.1) is 0 Å². The summed E-state index contributed by atoms with van der Waals surface area (Å²) in [4.78, 5) is 6.31. The van der Waals surface area contributed by atoms with Crippen molar-refractivity contribution < 1.29 is 9.63 Å². The third-order valence-corrected chi connectivity index (χ3v) is 3.54. The van der Waals surface area contributed by atoms with Crippen molar-refractivity contribution in [1.82, 2.24) is 10.1 Å². The molecule has 1 fully saturated rings. The zero-order valence-corrected chi connectivity index (χ0v) is 10.6. The van der Waals surface area contributed by atoms with Crippen molar-refractivity contribution >= 4 is 5.95 Å². The Morgan fingerprint density at radius 3 is 2.88 bits per heavy atom. The molecule has 1 aromatic heterocycles.